The smallest absolute Gasteiger partial charge is 0.141 e. The Morgan fingerprint density at radius 2 is 0.943 bits per heavy atom. The molecule has 11 aromatic rings. The van der Waals surface area contributed by atoms with Gasteiger partial charge in [-0.05, 0) is 244 Å². The molecule has 0 spiro atoms. The number of aromatic nitrogens is 7. The first-order valence-electron chi connectivity index (χ1n) is 44.4. The number of carbonyl (C=O) groups is 2. The molecule has 648 valence electrons. The van der Waals surface area contributed by atoms with Gasteiger partial charge in [-0.2, -0.15) is 0 Å². The first kappa shape index (κ1) is 90.7. The number of carbonyl (C=O) groups excluding carboxylic acids is 2. The highest BCUT2D eigenvalue weighted by Gasteiger charge is 2.44. The van der Waals surface area contributed by atoms with E-state index in [0.29, 0.717) is 24.5 Å². The van der Waals surface area contributed by atoms with Crippen molar-refractivity contribution in [3.8, 4) is 0 Å². The van der Waals surface area contributed by atoms with Gasteiger partial charge in [0, 0.05) is 241 Å². The van der Waals surface area contributed by atoms with Crippen molar-refractivity contribution in [1.29, 1.82) is 0 Å². The average Bonchev–Trinajstić information content (AvgIpc) is 1.59. The molecule has 16 nitrogen and oxygen atoms in total. The summed E-state index contributed by atoms with van der Waals surface area (Å²) in [7, 11) is 13.0. The van der Waals surface area contributed by atoms with Gasteiger partial charge >= 0.3 is 0 Å². The van der Waals surface area contributed by atoms with E-state index >= 15 is 0 Å². The van der Waals surface area contributed by atoms with E-state index in [1.807, 2.05) is 88.1 Å². The fraction of sp³-hybridized carbons (Fsp3) is 0.430. The summed E-state index contributed by atoms with van der Waals surface area (Å²) in [6.45, 7) is 58.3. The number of aromatic amines is 1. The van der Waals surface area contributed by atoms with Crippen LogP contribution in [0.3, 0.4) is 0 Å². The summed E-state index contributed by atoms with van der Waals surface area (Å²) in [5.74, 6) is 1.08. The highest BCUT2D eigenvalue weighted by molar-refractivity contribution is 5.91. The van der Waals surface area contributed by atoms with Crippen LogP contribution in [0.5, 0.6) is 0 Å². The molecule has 0 aliphatic carbocycles. The number of piperidine rings is 2. The van der Waals surface area contributed by atoms with Crippen molar-refractivity contribution in [2.45, 2.75) is 194 Å². The zero-order chi connectivity index (χ0) is 88.3. The minimum Gasteiger partial charge on any atom is -0.384 e. The molecule has 2 fully saturated rings. The molecule has 0 amide bonds. The summed E-state index contributed by atoms with van der Waals surface area (Å²) < 4.78 is 7.46. The van der Waals surface area contributed by atoms with Crippen LogP contribution in [0.15, 0.2) is 210 Å². The first-order valence-corrected chi connectivity index (χ1v) is 44.4. The minimum atomic E-state index is -0.994. The van der Waals surface area contributed by atoms with Crippen LogP contribution < -0.4 is 0 Å². The lowest BCUT2D eigenvalue weighted by Crippen LogP contribution is -2.45. The third kappa shape index (κ3) is 19.4. The maximum absolute atomic E-state index is 11.6. The number of Topliss-reactive ketones (excluding diaryl/α,β-unsaturated/α-hetero) is 2. The van der Waals surface area contributed by atoms with Crippen LogP contribution in [0, 0.1) is 39.0 Å². The van der Waals surface area contributed by atoms with Crippen LogP contribution in [0.25, 0.3) is 54.8 Å². The number of allylic oxidation sites excluding steroid dienone is 7. The third-order valence-electron chi connectivity index (χ3n) is 27.2. The molecule has 7 atom stereocenters. The molecule has 0 bridgehead atoms. The fourth-order valence-corrected chi connectivity index (χ4v) is 21.7. The van der Waals surface area contributed by atoms with Crippen LogP contribution in [0.1, 0.15) is 177 Å². The molecule has 0 saturated carbocycles. The molecule has 123 heavy (non-hydrogen) atoms. The van der Waals surface area contributed by atoms with Gasteiger partial charge in [0.1, 0.15) is 17.2 Å². The van der Waals surface area contributed by atoms with Crippen LogP contribution in [-0.4, -0.2) is 174 Å². The normalized spacial score (nSPS) is 23.4. The molecule has 2 N–H and O–H groups in total. The number of aryl methyl sites for hydroxylation is 4. The summed E-state index contributed by atoms with van der Waals surface area (Å²) in [4.78, 5) is 52.8. The third-order valence-corrected chi connectivity index (χ3v) is 27.2. The number of likely N-dealkylation sites (tertiary alicyclic amines) is 2. The molecular formula is C107H137N13O3. The Morgan fingerprint density at radius 3 is 1.49 bits per heavy atom. The molecule has 7 aromatic heterocycles. The second-order valence-electron chi connectivity index (χ2n) is 39.1. The predicted molar refractivity (Wildman–Crippen MR) is 512 cm³/mol. The molecular weight excluding hydrogens is 1520 g/mol. The largest absolute Gasteiger partial charge is 0.384 e. The molecule has 16 heteroatoms. The summed E-state index contributed by atoms with van der Waals surface area (Å²) in [5.41, 5.74) is 26.9. The van der Waals surface area contributed by atoms with Gasteiger partial charge in [0.05, 0.1) is 6.54 Å². The number of ketones is 2. The first-order chi connectivity index (χ1) is 58.5. The van der Waals surface area contributed by atoms with Gasteiger partial charge in [-0.3, -0.25) is 24.5 Å². The van der Waals surface area contributed by atoms with Gasteiger partial charge in [-0.15, -0.1) is 26.3 Å². The number of H-pyrrole nitrogens is 1. The van der Waals surface area contributed by atoms with E-state index in [-0.39, 0.29) is 33.0 Å². The summed E-state index contributed by atoms with van der Waals surface area (Å²) in [5, 5.41) is 16.9. The van der Waals surface area contributed by atoms with Crippen molar-refractivity contribution in [1.82, 2.24) is 63.0 Å². The second kappa shape index (κ2) is 37.4. The number of rotatable bonds is 15. The molecule has 7 aliphatic heterocycles. The zero-order valence-electron chi connectivity index (χ0n) is 77.0. The van der Waals surface area contributed by atoms with E-state index in [1.165, 1.54) is 116 Å². The van der Waals surface area contributed by atoms with Crippen molar-refractivity contribution in [2.75, 3.05) is 94.6 Å². The van der Waals surface area contributed by atoms with Gasteiger partial charge in [0.15, 0.2) is 0 Å². The maximum Gasteiger partial charge on any atom is 0.141 e. The van der Waals surface area contributed by atoms with E-state index in [4.69, 9.17) is 0 Å². The Balaban J connectivity index is 0.000000132. The number of hydrogen-bond donors (Lipinski definition) is 2. The standard InChI is InChI=1S/C25H31N3O.C25H29N3.C23H25N3.C17H22N2.C10H17NO.C7H13NO/c1-6-11-24(3)16-27(5)15-21-20-14-18(2)7-8-22(20)28(23(21)24)17-25(4,29)19-9-12-26-13-10-19;1-6-11-25(4)17-27(5)16-22-21-14-18(2)7-8-23(21)28(24(22)25)15-19(3)20-9-12-26-13-10-20;1-16-4-5-21-19(12-16)20-14-25(3)15-23(2)9-6-18(13-26(21)22(20)23)17-7-10-24-11-8-17;1-5-8-17(3)11-19(4)10-14-13-9-12(2)6-7-15(13)18-16(14)17;1-4-6-10(2)8-11(3)7-5-9(10)12;1-6-5-8(2)4-3-7(6)9/h6-10,12-14,29H,1,11,15-17H2,2-5H3;6-10,12-14H,1,3,11,15-17H2,2,4-5H3;4-8,10-12H,9,13-15H2,1-3H3;5-7,9,18H,1,8,10-11H2,2-4H3;4H,1,5-8H2,2-3H3;6H,3-5H2,1-2H3. The molecule has 14 heterocycles. The maximum atomic E-state index is 11.6. The van der Waals surface area contributed by atoms with E-state index in [0.717, 1.165) is 147 Å². The van der Waals surface area contributed by atoms with Crippen molar-refractivity contribution in [3.63, 3.8) is 0 Å². The lowest BCUT2D eigenvalue weighted by molar-refractivity contribution is -0.132. The van der Waals surface area contributed by atoms with Crippen molar-refractivity contribution >= 4 is 66.3 Å². The lowest BCUT2D eigenvalue weighted by Gasteiger charge is -2.41. The van der Waals surface area contributed by atoms with Gasteiger partial charge < -0.3 is 53.2 Å². The number of likely N-dealkylation sites (N-methyl/N-ethyl adjacent to an activating group) is 4. The second-order valence-corrected chi connectivity index (χ2v) is 39.1. The SMILES string of the molecule is C=CCC1(C)CN(C)CCC1=O.C=CCC1(C)CN(C)Cc2c1[nH]c1ccc(C)cc21.C=CCC1(C)CN(C)Cc2c1n(CC(=C)c1ccncc1)c1ccc(C)cc21.C=CCC1(C)CN(C)Cc2c1n(CC(C)(O)c1ccncc1)c1ccc(C)cc21.CC1CN(C)CCC1=O.Cc1ccc2c(c1)c1c3n2CC(c2ccncc2)=CCC3(C)CN(C)C1. The Hall–Kier alpha value is -10.0. The highest BCUT2D eigenvalue weighted by Crippen LogP contribution is 2.49. The Morgan fingerprint density at radius 1 is 0.504 bits per heavy atom. The summed E-state index contributed by atoms with van der Waals surface area (Å²) in [6.07, 6.45) is 27.6. The van der Waals surface area contributed by atoms with Crippen molar-refractivity contribution < 1.29 is 14.7 Å². The molecule has 4 aromatic carbocycles. The number of hydrogen-bond acceptors (Lipinski definition) is 12. The quantitative estimate of drug-likeness (QED) is 0.0943. The predicted octanol–water partition coefficient (Wildman–Crippen LogP) is 20.2. The lowest BCUT2D eigenvalue weighted by atomic mass is 9.77. The Bertz CT molecular complexity index is 5740. The van der Waals surface area contributed by atoms with Crippen molar-refractivity contribution in [2.24, 2.45) is 11.3 Å². The van der Waals surface area contributed by atoms with Crippen LogP contribution in [-0.2, 0) is 82.7 Å². The monoisotopic (exact) mass is 1650 g/mol. The van der Waals surface area contributed by atoms with E-state index in [1.54, 1.807) is 18.1 Å². The van der Waals surface area contributed by atoms with Crippen molar-refractivity contribution in [3.05, 3.63) is 294 Å². The van der Waals surface area contributed by atoms with Crippen LogP contribution in [0.2, 0.25) is 0 Å². The summed E-state index contributed by atoms with van der Waals surface area (Å²) in [6, 6.07) is 39.3. The van der Waals surface area contributed by atoms with E-state index < -0.39 is 5.60 Å². The number of benzene rings is 4. The number of nitrogens with zero attached hydrogens (tertiary/aromatic N) is 12. The minimum absolute atomic E-state index is 0.0372. The van der Waals surface area contributed by atoms with Gasteiger partial charge in [0.2, 0.25) is 0 Å². The number of fused-ring (bicyclic) bond motifs is 12. The molecule has 7 aliphatic rings. The fourth-order valence-electron chi connectivity index (χ4n) is 21.7. The topological polar surface area (TPSA) is 143 Å². The van der Waals surface area contributed by atoms with E-state index in [2.05, 4.69) is 291 Å². The van der Waals surface area contributed by atoms with Gasteiger partial charge in [-0.25, -0.2) is 0 Å². The highest BCUT2D eigenvalue weighted by atomic mass is 16.3. The molecule has 0 radical (unpaired) electrons. The molecule has 7 unspecified atom stereocenters. The zero-order valence-corrected chi connectivity index (χ0v) is 77.0. The van der Waals surface area contributed by atoms with E-state index in [9.17, 15) is 14.7 Å². The Labute approximate surface area is 733 Å². The number of pyridine rings is 3. The number of nitrogens with one attached hydrogen (secondary N) is 1. The molecule has 2 saturated heterocycles. The van der Waals surface area contributed by atoms with Crippen LogP contribution >= 0.6 is 0 Å². The van der Waals surface area contributed by atoms with Crippen LogP contribution in [0.4, 0.5) is 0 Å². The Kier molecular flexibility index (Phi) is 27.6. The van der Waals surface area contributed by atoms with Gasteiger partial charge in [0.25, 0.3) is 0 Å². The average molecular weight is 1650 g/mol. The van der Waals surface area contributed by atoms with Gasteiger partial charge in [-0.1, -0.05) is 125 Å². The molecule has 18 rings (SSSR count). The summed E-state index contributed by atoms with van der Waals surface area (Å²) >= 11 is 0. The number of aliphatic hydroxyl groups is 1.